The highest BCUT2D eigenvalue weighted by Crippen LogP contribution is 2.43. The molecule has 0 saturated heterocycles. The zero-order valence-electron chi connectivity index (χ0n) is 31.6. The molecule has 6 N–H and O–H groups in total. The van der Waals surface area contributed by atoms with Crippen LogP contribution < -0.4 is 35.9 Å². The normalized spacial score (nSPS) is 14.7. The number of fused-ring (bicyclic) bond motifs is 1. The van der Waals surface area contributed by atoms with E-state index in [4.69, 9.17) is 19.9 Å². The van der Waals surface area contributed by atoms with Gasteiger partial charge in [-0.25, -0.2) is 4.79 Å². The van der Waals surface area contributed by atoms with Gasteiger partial charge in [0, 0.05) is 18.4 Å². The zero-order valence-corrected chi connectivity index (χ0v) is 32.4. The number of nitrogens with one attached hydrogen (secondary N) is 4. The highest BCUT2D eigenvalue weighted by Gasteiger charge is 2.31. The first-order chi connectivity index (χ1) is 24.6. The summed E-state index contributed by atoms with van der Waals surface area (Å²) in [6, 6.07) is 5.60. The molecule has 0 fully saturated rings. The number of aryl methyl sites for hydroxylation is 1. The van der Waals surface area contributed by atoms with Gasteiger partial charge < -0.3 is 35.9 Å². The number of rotatable bonds is 17. The number of amides is 3. The largest absolute Gasteiger partial charge is 0.490 e. The Labute approximate surface area is 311 Å². The Morgan fingerprint density at radius 2 is 1.73 bits per heavy atom. The lowest BCUT2D eigenvalue weighted by Gasteiger charge is -2.35. The summed E-state index contributed by atoms with van der Waals surface area (Å²) >= 11 is 1.40. The molecule has 14 heteroatoms. The third kappa shape index (κ3) is 12.8. The van der Waals surface area contributed by atoms with Gasteiger partial charge in [-0.15, -0.1) is 0 Å². The number of aliphatic imine (C=N–C) groups is 1. The van der Waals surface area contributed by atoms with Crippen LogP contribution >= 0.6 is 11.9 Å². The van der Waals surface area contributed by atoms with Crippen molar-refractivity contribution in [3.63, 3.8) is 0 Å². The number of nitrogens with two attached hydrogens (primary N) is 1. The van der Waals surface area contributed by atoms with Crippen LogP contribution in [-0.2, 0) is 30.3 Å². The molecule has 2 atom stereocenters. The Kier molecular flexibility index (Phi) is 15.9. The molecule has 0 aliphatic carbocycles. The van der Waals surface area contributed by atoms with Gasteiger partial charge in [0.1, 0.15) is 35.8 Å². The standard InChI is InChI=1S/C38H54N6O7S/c1-23-14-16-28(17-15-23)50-21-10-9-12-31(36(48)49-8)43-35(47)30(42-32(46)22-41-27(5)45)13-11-20-40-37(39)44-52-34-25(3)24(2)33-29(26(34)4)18-19-38(6,7)51-33/h9-10,14-17,30-31H,11-13,18-22H2,1-8H3,(H,41,45)(H,42,46)(H,43,47)(H3,39,40,44)/b10-9-/t30-,31?/m1/s1. The van der Waals surface area contributed by atoms with Gasteiger partial charge in [0.2, 0.25) is 17.7 Å². The molecule has 13 nitrogen and oxygen atoms in total. The summed E-state index contributed by atoms with van der Waals surface area (Å²) in [7, 11) is 1.23. The van der Waals surface area contributed by atoms with Crippen molar-refractivity contribution in [2.75, 3.05) is 26.8 Å². The number of esters is 1. The van der Waals surface area contributed by atoms with Gasteiger partial charge in [-0.3, -0.25) is 24.1 Å². The Hall–Kier alpha value is -4.72. The lowest BCUT2D eigenvalue weighted by atomic mass is 9.88. The minimum absolute atomic E-state index is 0.139. The van der Waals surface area contributed by atoms with Crippen molar-refractivity contribution in [2.45, 2.75) is 103 Å². The number of hydrogen-bond donors (Lipinski definition) is 5. The van der Waals surface area contributed by atoms with Crippen molar-refractivity contribution in [3.05, 3.63) is 64.2 Å². The lowest BCUT2D eigenvalue weighted by Crippen LogP contribution is -2.53. The molecular weight excluding hydrogens is 685 g/mol. The maximum atomic E-state index is 13.4. The molecular formula is C38H54N6O7S. The number of guanidine groups is 1. The molecule has 1 aliphatic heterocycles. The van der Waals surface area contributed by atoms with E-state index in [1.165, 1.54) is 31.5 Å². The average molecular weight is 739 g/mol. The van der Waals surface area contributed by atoms with Crippen LogP contribution in [0.4, 0.5) is 0 Å². The minimum atomic E-state index is -1.02. The summed E-state index contributed by atoms with van der Waals surface area (Å²) in [6.45, 7) is 14.0. The Morgan fingerprint density at radius 3 is 2.40 bits per heavy atom. The van der Waals surface area contributed by atoms with E-state index in [1.54, 1.807) is 12.2 Å². The molecule has 0 saturated carbocycles. The van der Waals surface area contributed by atoms with E-state index in [2.05, 4.69) is 60.3 Å². The molecule has 0 spiro atoms. The number of benzene rings is 2. The molecule has 1 aliphatic rings. The smallest absolute Gasteiger partial charge is 0.328 e. The van der Waals surface area contributed by atoms with E-state index in [0.29, 0.717) is 12.2 Å². The summed E-state index contributed by atoms with van der Waals surface area (Å²) in [5.41, 5.74) is 11.7. The molecule has 2 aromatic carbocycles. The Balaban J connectivity index is 1.60. The highest BCUT2D eigenvalue weighted by atomic mass is 32.2. The first-order valence-corrected chi connectivity index (χ1v) is 18.2. The third-order valence-electron chi connectivity index (χ3n) is 8.71. The topological polar surface area (TPSA) is 182 Å². The predicted molar refractivity (Wildman–Crippen MR) is 203 cm³/mol. The fraction of sp³-hybridized carbons (Fsp3) is 0.500. The first-order valence-electron chi connectivity index (χ1n) is 17.4. The number of nitrogens with zero attached hydrogens (tertiary/aromatic N) is 1. The second-order valence-corrected chi connectivity index (χ2v) is 14.2. The van der Waals surface area contributed by atoms with Crippen LogP contribution in [0.15, 0.2) is 46.3 Å². The van der Waals surface area contributed by atoms with Crippen molar-refractivity contribution < 1.29 is 33.4 Å². The lowest BCUT2D eigenvalue weighted by molar-refractivity contribution is -0.145. The second kappa shape index (κ2) is 19.8. The molecule has 2 aromatic rings. The summed E-state index contributed by atoms with van der Waals surface area (Å²) in [5, 5.41) is 7.76. The highest BCUT2D eigenvalue weighted by molar-refractivity contribution is 7.98. The van der Waals surface area contributed by atoms with E-state index in [9.17, 15) is 19.2 Å². The SMILES string of the molecule is COC(=O)C(C/C=C\COc1ccc(C)cc1)NC(=O)[C@@H](CCCN=C(N)NSc1c(C)c(C)c2c(c1C)CCC(C)(C)O2)NC(=O)CNC(C)=O. The van der Waals surface area contributed by atoms with Crippen molar-refractivity contribution in [3.8, 4) is 11.5 Å². The van der Waals surface area contributed by atoms with E-state index in [-0.39, 0.29) is 50.0 Å². The van der Waals surface area contributed by atoms with Crippen molar-refractivity contribution >= 4 is 41.6 Å². The zero-order chi connectivity index (χ0) is 38.4. The third-order valence-corrected chi connectivity index (χ3v) is 9.84. The van der Waals surface area contributed by atoms with Gasteiger partial charge in [-0.2, -0.15) is 0 Å². The van der Waals surface area contributed by atoms with Crippen LogP contribution in [-0.4, -0.2) is 74.1 Å². The number of ether oxygens (including phenoxy) is 3. The predicted octanol–water partition coefficient (Wildman–Crippen LogP) is 4.02. The van der Waals surface area contributed by atoms with Crippen LogP contribution in [0.3, 0.4) is 0 Å². The van der Waals surface area contributed by atoms with Gasteiger partial charge in [0.25, 0.3) is 0 Å². The fourth-order valence-corrected chi connectivity index (χ4v) is 6.41. The molecule has 1 unspecified atom stereocenters. The fourth-order valence-electron chi connectivity index (χ4n) is 5.56. The number of methoxy groups -OCH3 is 1. The molecule has 3 rings (SSSR count). The Bertz CT molecular complexity index is 1640. The number of carbonyl (C=O) groups is 4. The van der Waals surface area contributed by atoms with E-state index < -0.39 is 29.9 Å². The minimum Gasteiger partial charge on any atom is -0.490 e. The number of carbonyl (C=O) groups excluding carboxylic acids is 4. The van der Waals surface area contributed by atoms with Gasteiger partial charge in [0.15, 0.2) is 5.96 Å². The molecule has 0 bridgehead atoms. The summed E-state index contributed by atoms with van der Waals surface area (Å²) in [5.74, 6) is -0.266. The van der Waals surface area contributed by atoms with Crippen LogP contribution in [0.1, 0.15) is 74.3 Å². The van der Waals surface area contributed by atoms with Crippen LogP contribution in [0.5, 0.6) is 11.5 Å². The van der Waals surface area contributed by atoms with Gasteiger partial charge >= 0.3 is 5.97 Å². The molecule has 52 heavy (non-hydrogen) atoms. The maximum absolute atomic E-state index is 13.4. The van der Waals surface area contributed by atoms with Crippen molar-refractivity contribution in [2.24, 2.45) is 10.7 Å². The van der Waals surface area contributed by atoms with Gasteiger partial charge in [-0.05, 0) is 120 Å². The van der Waals surface area contributed by atoms with Crippen LogP contribution in [0, 0.1) is 27.7 Å². The first kappa shape index (κ1) is 41.7. The summed E-state index contributed by atoms with van der Waals surface area (Å²) < 4.78 is 20.1. The summed E-state index contributed by atoms with van der Waals surface area (Å²) in [6.07, 6.45) is 6.03. The molecule has 284 valence electrons. The average Bonchev–Trinajstić information content (AvgIpc) is 3.10. The van der Waals surface area contributed by atoms with E-state index >= 15 is 0 Å². The van der Waals surface area contributed by atoms with Crippen LogP contribution in [0.25, 0.3) is 0 Å². The molecule has 0 radical (unpaired) electrons. The number of hydrogen-bond acceptors (Lipinski definition) is 9. The van der Waals surface area contributed by atoms with Crippen molar-refractivity contribution in [1.82, 2.24) is 20.7 Å². The van der Waals surface area contributed by atoms with Gasteiger partial charge in [-0.1, -0.05) is 29.8 Å². The van der Waals surface area contributed by atoms with Gasteiger partial charge in [0.05, 0.1) is 13.7 Å². The second-order valence-electron chi connectivity index (χ2n) is 13.4. The molecule has 0 aromatic heterocycles. The molecule has 3 amide bonds. The molecule has 1 heterocycles. The monoisotopic (exact) mass is 738 g/mol. The van der Waals surface area contributed by atoms with Crippen molar-refractivity contribution in [1.29, 1.82) is 0 Å². The quantitative estimate of drug-likeness (QED) is 0.0397. The summed E-state index contributed by atoms with van der Waals surface area (Å²) in [4.78, 5) is 55.4. The van der Waals surface area contributed by atoms with E-state index in [1.807, 2.05) is 31.2 Å². The Morgan fingerprint density at radius 1 is 1.02 bits per heavy atom. The van der Waals surface area contributed by atoms with Crippen LogP contribution in [0.2, 0.25) is 0 Å². The van der Waals surface area contributed by atoms with E-state index in [0.717, 1.165) is 45.7 Å². The maximum Gasteiger partial charge on any atom is 0.328 e.